The summed E-state index contributed by atoms with van der Waals surface area (Å²) in [5.41, 5.74) is 0. The monoisotopic (exact) mass is 248 g/mol. The molecule has 2 nitrogen and oxygen atoms in total. The minimum Gasteiger partial charge on any atom is -0.265 e. The van der Waals surface area contributed by atoms with Gasteiger partial charge in [-0.3, -0.25) is 9.97 Å². The van der Waals surface area contributed by atoms with E-state index in [-0.39, 0.29) is 0 Å². The van der Waals surface area contributed by atoms with Crippen molar-refractivity contribution in [2.45, 2.75) is 9.79 Å². The van der Waals surface area contributed by atoms with Gasteiger partial charge < -0.3 is 0 Å². The lowest BCUT2D eigenvalue weighted by Gasteiger charge is -2.01. The number of pyridine rings is 2. The van der Waals surface area contributed by atoms with Crippen molar-refractivity contribution in [1.82, 2.24) is 9.97 Å². The lowest BCUT2D eigenvalue weighted by atomic mass is 10.5. The van der Waals surface area contributed by atoms with Crippen LogP contribution < -0.4 is 0 Å². The van der Waals surface area contributed by atoms with Crippen molar-refractivity contribution in [3.63, 3.8) is 0 Å². The van der Waals surface area contributed by atoms with Gasteiger partial charge in [-0.15, -0.1) is 23.5 Å². The lowest BCUT2D eigenvalue weighted by molar-refractivity contribution is 1.24. The first-order chi connectivity index (χ1) is 7.95. The second-order valence-corrected chi connectivity index (χ2v) is 5.41. The molecular formula is C12H12N2S2. The number of hydrogen-bond donors (Lipinski definition) is 0. The molecule has 2 aromatic heterocycles. The molecule has 0 aromatic carbocycles. The smallest absolute Gasteiger partial charge is 0.0403 e. The van der Waals surface area contributed by atoms with Gasteiger partial charge in [0.2, 0.25) is 0 Å². The van der Waals surface area contributed by atoms with Crippen molar-refractivity contribution in [1.29, 1.82) is 0 Å². The maximum absolute atomic E-state index is 4.09. The van der Waals surface area contributed by atoms with Crippen LogP contribution in [0.4, 0.5) is 0 Å². The summed E-state index contributed by atoms with van der Waals surface area (Å²) in [6.07, 6.45) is 7.37. The zero-order valence-electron chi connectivity index (χ0n) is 8.74. The van der Waals surface area contributed by atoms with E-state index in [1.165, 1.54) is 9.79 Å². The number of rotatable bonds is 5. The zero-order valence-corrected chi connectivity index (χ0v) is 10.4. The van der Waals surface area contributed by atoms with E-state index in [0.717, 1.165) is 11.5 Å². The Morgan fingerprint density at radius 1 is 0.812 bits per heavy atom. The maximum Gasteiger partial charge on any atom is 0.0403 e. The summed E-state index contributed by atoms with van der Waals surface area (Å²) in [6, 6.07) is 8.14. The van der Waals surface area contributed by atoms with E-state index in [1.807, 2.05) is 60.3 Å². The quantitative estimate of drug-likeness (QED) is 0.598. The molecule has 82 valence electrons. The minimum absolute atomic E-state index is 1.10. The number of thioether (sulfide) groups is 2. The Balaban J connectivity index is 1.70. The van der Waals surface area contributed by atoms with Crippen molar-refractivity contribution in [3.05, 3.63) is 49.1 Å². The average molecular weight is 248 g/mol. The van der Waals surface area contributed by atoms with Gasteiger partial charge in [-0.1, -0.05) is 0 Å². The van der Waals surface area contributed by atoms with Crippen molar-refractivity contribution >= 4 is 23.5 Å². The van der Waals surface area contributed by atoms with Gasteiger partial charge in [0.25, 0.3) is 0 Å². The molecule has 0 N–H and O–H groups in total. The van der Waals surface area contributed by atoms with E-state index in [2.05, 4.69) is 16.0 Å². The van der Waals surface area contributed by atoms with Crippen LogP contribution in [0.1, 0.15) is 0 Å². The Morgan fingerprint density at radius 2 is 1.56 bits per heavy atom. The van der Waals surface area contributed by atoms with Crippen LogP contribution in [0.25, 0.3) is 0 Å². The van der Waals surface area contributed by atoms with Crippen LogP contribution in [0, 0.1) is 0 Å². The Bertz CT molecular complexity index is 364. The second-order valence-electron chi connectivity index (χ2n) is 3.07. The number of hydrogen-bond acceptors (Lipinski definition) is 4. The van der Waals surface area contributed by atoms with Crippen LogP contribution in [0.15, 0.2) is 58.8 Å². The predicted octanol–water partition coefficient (Wildman–Crippen LogP) is 3.36. The van der Waals surface area contributed by atoms with E-state index < -0.39 is 0 Å². The molecule has 0 spiro atoms. The van der Waals surface area contributed by atoms with E-state index in [4.69, 9.17) is 0 Å². The molecule has 16 heavy (non-hydrogen) atoms. The molecule has 4 heteroatoms. The summed E-state index contributed by atoms with van der Waals surface area (Å²) in [7, 11) is 0. The normalized spacial score (nSPS) is 10.2. The molecular weight excluding hydrogens is 236 g/mol. The SMILES string of the molecule is c1cncc(SCCSc2ccncc2)c1. The fourth-order valence-electron chi connectivity index (χ4n) is 1.19. The average Bonchev–Trinajstić information content (AvgIpc) is 2.37. The standard InChI is InChI=1S/C12H12N2S2/c1-2-12(10-14-5-1)16-9-8-15-11-3-6-13-7-4-11/h1-7,10H,8-9H2. The van der Waals surface area contributed by atoms with Gasteiger partial charge in [0.05, 0.1) is 0 Å². The molecule has 2 aromatic rings. The van der Waals surface area contributed by atoms with Crippen LogP contribution in [0.3, 0.4) is 0 Å². The first-order valence-corrected chi connectivity index (χ1v) is 6.98. The summed E-state index contributed by atoms with van der Waals surface area (Å²) in [6.45, 7) is 0. The molecule has 0 saturated carbocycles. The first kappa shape index (κ1) is 11.5. The molecule has 0 radical (unpaired) electrons. The molecule has 0 fully saturated rings. The third kappa shape index (κ3) is 3.87. The Kier molecular flexibility index (Phi) is 4.70. The molecule has 0 bridgehead atoms. The maximum atomic E-state index is 4.09. The highest BCUT2D eigenvalue weighted by Gasteiger charge is 1.95. The van der Waals surface area contributed by atoms with Gasteiger partial charge in [0.1, 0.15) is 0 Å². The largest absolute Gasteiger partial charge is 0.265 e. The Morgan fingerprint density at radius 3 is 2.25 bits per heavy atom. The molecule has 0 saturated heterocycles. The van der Waals surface area contributed by atoms with Gasteiger partial charge in [-0.25, -0.2) is 0 Å². The van der Waals surface area contributed by atoms with Crippen LogP contribution >= 0.6 is 23.5 Å². The Labute approximate surface area is 104 Å². The molecule has 0 aliphatic heterocycles. The number of aromatic nitrogens is 2. The van der Waals surface area contributed by atoms with Gasteiger partial charge in [-0.2, -0.15) is 0 Å². The number of nitrogens with zero attached hydrogens (tertiary/aromatic N) is 2. The highest BCUT2D eigenvalue weighted by Crippen LogP contribution is 2.21. The molecule has 2 rings (SSSR count). The van der Waals surface area contributed by atoms with E-state index in [1.54, 1.807) is 6.20 Å². The third-order valence-electron chi connectivity index (χ3n) is 1.90. The van der Waals surface area contributed by atoms with Crippen molar-refractivity contribution in [3.8, 4) is 0 Å². The highest BCUT2D eigenvalue weighted by atomic mass is 32.2. The molecule has 0 aliphatic rings. The fraction of sp³-hybridized carbons (Fsp3) is 0.167. The summed E-state index contributed by atoms with van der Waals surface area (Å²) in [4.78, 5) is 10.6. The highest BCUT2D eigenvalue weighted by molar-refractivity contribution is 8.03. The second kappa shape index (κ2) is 6.55. The van der Waals surface area contributed by atoms with E-state index in [0.29, 0.717) is 0 Å². The van der Waals surface area contributed by atoms with Gasteiger partial charge in [0, 0.05) is 46.1 Å². The van der Waals surface area contributed by atoms with Gasteiger partial charge in [0.15, 0.2) is 0 Å². The molecule has 2 heterocycles. The minimum atomic E-state index is 1.10. The van der Waals surface area contributed by atoms with Crippen molar-refractivity contribution < 1.29 is 0 Å². The summed E-state index contributed by atoms with van der Waals surface area (Å²) < 4.78 is 0. The van der Waals surface area contributed by atoms with Crippen LogP contribution in [-0.4, -0.2) is 21.5 Å². The lowest BCUT2D eigenvalue weighted by Crippen LogP contribution is -1.84. The summed E-state index contributed by atoms with van der Waals surface area (Å²) in [5, 5.41) is 0. The third-order valence-corrected chi connectivity index (χ3v) is 4.16. The van der Waals surface area contributed by atoms with E-state index in [9.17, 15) is 0 Å². The molecule has 0 unspecified atom stereocenters. The van der Waals surface area contributed by atoms with Crippen LogP contribution in [0.5, 0.6) is 0 Å². The van der Waals surface area contributed by atoms with Gasteiger partial charge in [-0.05, 0) is 24.3 Å². The van der Waals surface area contributed by atoms with Crippen LogP contribution in [0.2, 0.25) is 0 Å². The molecule has 0 aliphatic carbocycles. The molecule has 0 atom stereocenters. The van der Waals surface area contributed by atoms with Crippen LogP contribution in [-0.2, 0) is 0 Å². The summed E-state index contributed by atoms with van der Waals surface area (Å²) >= 11 is 3.70. The summed E-state index contributed by atoms with van der Waals surface area (Å²) in [5.74, 6) is 2.20. The van der Waals surface area contributed by atoms with E-state index >= 15 is 0 Å². The first-order valence-electron chi connectivity index (χ1n) is 5.01. The zero-order chi connectivity index (χ0) is 11.1. The predicted molar refractivity (Wildman–Crippen MR) is 69.9 cm³/mol. The Hall–Kier alpha value is -1.00. The fourth-order valence-corrected chi connectivity index (χ4v) is 2.95. The molecule has 0 amide bonds. The van der Waals surface area contributed by atoms with Crippen molar-refractivity contribution in [2.24, 2.45) is 0 Å². The van der Waals surface area contributed by atoms with Crippen molar-refractivity contribution in [2.75, 3.05) is 11.5 Å². The topological polar surface area (TPSA) is 25.8 Å². The van der Waals surface area contributed by atoms with Gasteiger partial charge >= 0.3 is 0 Å².